The molecule has 0 amide bonds. The Kier molecular flexibility index (Phi) is 5.56. The van der Waals surface area contributed by atoms with Crippen LogP contribution in [0.2, 0.25) is 10.0 Å². The molecule has 0 aliphatic rings. The molecule has 0 saturated heterocycles. The Morgan fingerprint density at radius 2 is 1.90 bits per heavy atom. The van der Waals surface area contributed by atoms with Crippen LogP contribution < -0.4 is 15.4 Å². The molecule has 0 bridgehead atoms. The molecular formula is C14H14BrCl2N3O. The minimum absolute atomic E-state index is 0.452. The van der Waals surface area contributed by atoms with Crippen LogP contribution in [0.3, 0.4) is 0 Å². The molecule has 21 heavy (non-hydrogen) atoms. The van der Waals surface area contributed by atoms with E-state index in [4.69, 9.17) is 27.9 Å². The second kappa shape index (κ2) is 7.20. The summed E-state index contributed by atoms with van der Waals surface area (Å²) in [4.78, 5) is 4.40. The van der Waals surface area contributed by atoms with Gasteiger partial charge >= 0.3 is 0 Å². The van der Waals surface area contributed by atoms with Crippen molar-refractivity contribution in [3.8, 4) is 5.75 Å². The highest BCUT2D eigenvalue weighted by molar-refractivity contribution is 9.10. The molecule has 0 saturated carbocycles. The van der Waals surface area contributed by atoms with Crippen LogP contribution in [0.15, 0.2) is 28.7 Å². The van der Waals surface area contributed by atoms with Gasteiger partial charge in [-0.15, -0.1) is 0 Å². The second-order valence-electron chi connectivity index (χ2n) is 4.15. The highest BCUT2D eigenvalue weighted by atomic mass is 79.9. The number of anilines is 3. The van der Waals surface area contributed by atoms with Crippen molar-refractivity contribution in [2.75, 3.05) is 24.3 Å². The average molecular weight is 391 g/mol. The molecule has 0 spiro atoms. The van der Waals surface area contributed by atoms with Gasteiger partial charge in [0.15, 0.2) is 5.82 Å². The molecule has 7 heteroatoms. The molecule has 112 valence electrons. The van der Waals surface area contributed by atoms with E-state index in [0.717, 1.165) is 22.5 Å². The fourth-order valence-electron chi connectivity index (χ4n) is 1.73. The molecule has 0 aliphatic carbocycles. The number of hydrogen-bond donors (Lipinski definition) is 2. The molecule has 1 aromatic carbocycles. The summed E-state index contributed by atoms with van der Waals surface area (Å²) in [6.45, 7) is 2.70. The SMILES string of the molecule is CCNc1nc(Nc2ccc(OC)c(Br)c2)c(Cl)cc1Cl. The van der Waals surface area contributed by atoms with Crippen LogP contribution in [0.25, 0.3) is 0 Å². The van der Waals surface area contributed by atoms with Gasteiger partial charge in [0.05, 0.1) is 21.6 Å². The first kappa shape index (κ1) is 16.2. The maximum absolute atomic E-state index is 6.18. The number of nitrogens with zero attached hydrogens (tertiary/aromatic N) is 1. The number of hydrogen-bond acceptors (Lipinski definition) is 4. The third-order valence-electron chi connectivity index (χ3n) is 2.69. The Balaban J connectivity index is 2.30. The van der Waals surface area contributed by atoms with Crippen molar-refractivity contribution in [2.24, 2.45) is 0 Å². The summed E-state index contributed by atoms with van der Waals surface area (Å²) in [7, 11) is 1.62. The Morgan fingerprint density at radius 3 is 2.52 bits per heavy atom. The van der Waals surface area contributed by atoms with Gasteiger partial charge in [0.1, 0.15) is 11.6 Å². The highest BCUT2D eigenvalue weighted by Crippen LogP contribution is 2.33. The van der Waals surface area contributed by atoms with Crippen molar-refractivity contribution in [3.05, 3.63) is 38.8 Å². The van der Waals surface area contributed by atoms with Crippen molar-refractivity contribution in [1.29, 1.82) is 0 Å². The number of pyridine rings is 1. The maximum Gasteiger partial charge on any atom is 0.151 e. The zero-order valence-electron chi connectivity index (χ0n) is 11.5. The number of aromatic nitrogens is 1. The maximum atomic E-state index is 6.18. The summed E-state index contributed by atoms with van der Waals surface area (Å²) in [5, 5.41) is 7.19. The number of ether oxygens (including phenoxy) is 1. The van der Waals surface area contributed by atoms with Crippen LogP contribution in [0.4, 0.5) is 17.3 Å². The number of rotatable bonds is 5. The monoisotopic (exact) mass is 389 g/mol. The lowest BCUT2D eigenvalue weighted by Gasteiger charge is -2.12. The first-order valence-electron chi connectivity index (χ1n) is 6.25. The van der Waals surface area contributed by atoms with E-state index in [-0.39, 0.29) is 0 Å². The standard InChI is InChI=1S/C14H14BrCl2N3O/c1-3-18-13-10(16)7-11(17)14(20-13)19-8-4-5-12(21-2)9(15)6-8/h4-7H,3H2,1-2H3,(H2,18,19,20). The molecule has 1 heterocycles. The topological polar surface area (TPSA) is 46.2 Å². The number of halogens is 3. The van der Waals surface area contributed by atoms with Gasteiger partial charge in [-0.2, -0.15) is 0 Å². The number of methoxy groups -OCH3 is 1. The third-order valence-corrected chi connectivity index (χ3v) is 3.88. The second-order valence-corrected chi connectivity index (χ2v) is 5.82. The molecule has 2 N–H and O–H groups in total. The largest absolute Gasteiger partial charge is 0.496 e. The van der Waals surface area contributed by atoms with Gasteiger partial charge in [0.25, 0.3) is 0 Å². The molecule has 0 radical (unpaired) electrons. The summed E-state index contributed by atoms with van der Waals surface area (Å²) >= 11 is 15.7. The summed E-state index contributed by atoms with van der Waals surface area (Å²) in [5.74, 6) is 1.89. The van der Waals surface area contributed by atoms with Crippen molar-refractivity contribution < 1.29 is 4.74 Å². The minimum atomic E-state index is 0.452. The van der Waals surface area contributed by atoms with Crippen molar-refractivity contribution in [1.82, 2.24) is 4.98 Å². The van der Waals surface area contributed by atoms with Crippen LogP contribution >= 0.6 is 39.1 Å². The van der Waals surface area contributed by atoms with Crippen molar-refractivity contribution in [2.45, 2.75) is 6.92 Å². The normalized spacial score (nSPS) is 10.3. The molecule has 2 aromatic rings. The zero-order chi connectivity index (χ0) is 15.4. The van der Waals surface area contributed by atoms with Crippen molar-refractivity contribution >= 4 is 56.5 Å². The van der Waals surface area contributed by atoms with Gasteiger partial charge in [-0.3, -0.25) is 0 Å². The number of nitrogens with one attached hydrogen (secondary N) is 2. The van der Waals surface area contributed by atoms with E-state index in [2.05, 4.69) is 31.5 Å². The first-order valence-corrected chi connectivity index (χ1v) is 7.80. The molecule has 0 aliphatic heterocycles. The lowest BCUT2D eigenvalue weighted by Crippen LogP contribution is -2.03. The Labute approximate surface area is 141 Å². The van der Waals surface area contributed by atoms with E-state index in [1.54, 1.807) is 13.2 Å². The smallest absolute Gasteiger partial charge is 0.151 e. The number of benzene rings is 1. The fraction of sp³-hybridized carbons (Fsp3) is 0.214. The molecule has 0 fully saturated rings. The van der Waals surface area contributed by atoms with Gasteiger partial charge in [-0.25, -0.2) is 4.98 Å². The quantitative estimate of drug-likeness (QED) is 0.723. The predicted octanol–water partition coefficient (Wildman–Crippen LogP) is 5.33. The molecule has 4 nitrogen and oxygen atoms in total. The lowest BCUT2D eigenvalue weighted by atomic mass is 10.3. The van der Waals surface area contributed by atoms with Gasteiger partial charge < -0.3 is 15.4 Å². The van der Waals surface area contributed by atoms with Crippen LogP contribution in [-0.2, 0) is 0 Å². The summed E-state index contributed by atoms with van der Waals surface area (Å²) in [6.07, 6.45) is 0. The molecule has 1 aromatic heterocycles. The Morgan fingerprint density at radius 1 is 1.19 bits per heavy atom. The molecule has 0 unspecified atom stereocenters. The predicted molar refractivity (Wildman–Crippen MR) is 92.4 cm³/mol. The molecule has 2 rings (SSSR count). The van der Waals surface area contributed by atoms with Crippen LogP contribution in [-0.4, -0.2) is 18.6 Å². The Hall–Kier alpha value is -1.17. The van der Waals surface area contributed by atoms with Crippen LogP contribution in [0.5, 0.6) is 5.75 Å². The van der Waals surface area contributed by atoms with E-state index in [1.165, 1.54) is 0 Å². The zero-order valence-corrected chi connectivity index (χ0v) is 14.6. The molecular weight excluding hydrogens is 377 g/mol. The highest BCUT2D eigenvalue weighted by Gasteiger charge is 2.10. The van der Waals surface area contributed by atoms with E-state index in [1.807, 2.05) is 25.1 Å². The summed E-state index contributed by atoms with van der Waals surface area (Å²) in [6, 6.07) is 7.28. The van der Waals surface area contributed by atoms with E-state index >= 15 is 0 Å². The summed E-state index contributed by atoms with van der Waals surface area (Å²) in [5.41, 5.74) is 0.835. The molecule has 0 atom stereocenters. The van der Waals surface area contributed by atoms with Gasteiger partial charge in [0, 0.05) is 12.2 Å². The summed E-state index contributed by atoms with van der Waals surface area (Å²) < 4.78 is 6.04. The first-order chi connectivity index (χ1) is 10.0. The van der Waals surface area contributed by atoms with E-state index in [0.29, 0.717) is 21.7 Å². The fourth-order valence-corrected chi connectivity index (χ4v) is 2.74. The van der Waals surface area contributed by atoms with E-state index < -0.39 is 0 Å². The van der Waals surface area contributed by atoms with E-state index in [9.17, 15) is 0 Å². The van der Waals surface area contributed by atoms with Gasteiger partial charge in [0.2, 0.25) is 0 Å². The van der Waals surface area contributed by atoms with Crippen molar-refractivity contribution in [3.63, 3.8) is 0 Å². The Bertz CT molecular complexity index is 652. The van der Waals surface area contributed by atoms with Gasteiger partial charge in [-0.1, -0.05) is 23.2 Å². The third kappa shape index (κ3) is 3.93. The van der Waals surface area contributed by atoms with Gasteiger partial charge in [-0.05, 0) is 47.1 Å². The lowest BCUT2D eigenvalue weighted by molar-refractivity contribution is 0.412. The van der Waals surface area contributed by atoms with Crippen LogP contribution in [0, 0.1) is 0 Å². The average Bonchev–Trinajstić information content (AvgIpc) is 2.44. The van der Waals surface area contributed by atoms with Crippen LogP contribution in [0.1, 0.15) is 6.92 Å². The minimum Gasteiger partial charge on any atom is -0.496 e.